The van der Waals surface area contributed by atoms with Crippen molar-refractivity contribution in [2.24, 2.45) is 0 Å². The van der Waals surface area contributed by atoms with E-state index in [-0.39, 0.29) is 5.91 Å². The third-order valence-corrected chi connectivity index (χ3v) is 5.17. The number of amides is 1. The molecule has 1 aliphatic rings. The van der Waals surface area contributed by atoms with Crippen molar-refractivity contribution < 1.29 is 4.79 Å². The first-order valence-corrected chi connectivity index (χ1v) is 8.18. The average molecular weight is 304 g/mol. The quantitative estimate of drug-likeness (QED) is 0.911. The Morgan fingerprint density at radius 3 is 2.95 bits per heavy atom. The van der Waals surface area contributed by atoms with Crippen LogP contribution in [0.5, 0.6) is 0 Å². The highest BCUT2D eigenvalue weighted by Crippen LogP contribution is 2.33. The summed E-state index contributed by atoms with van der Waals surface area (Å²) in [6, 6.07) is 4.08. The number of thiophene rings is 1. The van der Waals surface area contributed by atoms with Gasteiger partial charge in [0.05, 0.1) is 5.69 Å². The van der Waals surface area contributed by atoms with Gasteiger partial charge in [0.1, 0.15) is 9.71 Å². The van der Waals surface area contributed by atoms with Crippen molar-refractivity contribution in [2.75, 3.05) is 25.4 Å². The van der Waals surface area contributed by atoms with Crippen LogP contribution in [-0.4, -0.2) is 41.5 Å². The van der Waals surface area contributed by atoms with Gasteiger partial charge in [-0.1, -0.05) is 0 Å². The van der Waals surface area contributed by atoms with E-state index in [4.69, 9.17) is 5.73 Å². The van der Waals surface area contributed by atoms with Crippen LogP contribution in [0.25, 0.3) is 10.2 Å². The number of piperidine rings is 1. The molecule has 1 saturated heterocycles. The number of nitrogen functional groups attached to an aromatic ring is 1. The third-order valence-electron chi connectivity index (χ3n) is 4.05. The number of fused-ring (bicyclic) bond motifs is 1. The molecule has 1 aliphatic heterocycles. The molecule has 6 heteroatoms. The van der Waals surface area contributed by atoms with E-state index in [1.165, 1.54) is 11.3 Å². The van der Waals surface area contributed by atoms with E-state index in [0.717, 1.165) is 36.1 Å². The molecule has 0 saturated carbocycles. The maximum atomic E-state index is 12.9. The molecule has 1 amide bonds. The minimum atomic E-state index is 0.0462. The van der Waals surface area contributed by atoms with Gasteiger partial charge in [-0.25, -0.2) is 4.98 Å². The monoisotopic (exact) mass is 304 g/mol. The van der Waals surface area contributed by atoms with E-state index in [2.05, 4.69) is 10.3 Å². The lowest BCUT2D eigenvalue weighted by atomic mass is 10.0. The Kier molecular flexibility index (Phi) is 4.07. The number of hydrogen-bond donors (Lipinski definition) is 2. The van der Waals surface area contributed by atoms with Gasteiger partial charge >= 0.3 is 0 Å². The molecule has 112 valence electrons. The second kappa shape index (κ2) is 5.99. The summed E-state index contributed by atoms with van der Waals surface area (Å²) in [6.45, 7) is 4.68. The Balaban J connectivity index is 1.92. The molecule has 3 heterocycles. The third kappa shape index (κ3) is 2.61. The van der Waals surface area contributed by atoms with Gasteiger partial charge in [0.15, 0.2) is 0 Å². The van der Waals surface area contributed by atoms with Crippen molar-refractivity contribution in [3.63, 3.8) is 0 Å². The first kappa shape index (κ1) is 14.3. The van der Waals surface area contributed by atoms with E-state index in [0.29, 0.717) is 23.2 Å². The molecule has 0 aliphatic carbocycles. The van der Waals surface area contributed by atoms with Crippen LogP contribution in [0.15, 0.2) is 18.3 Å². The zero-order chi connectivity index (χ0) is 14.8. The second-order valence-corrected chi connectivity index (χ2v) is 6.27. The maximum absolute atomic E-state index is 12.9. The lowest BCUT2D eigenvalue weighted by Crippen LogP contribution is -2.46. The van der Waals surface area contributed by atoms with Crippen LogP contribution in [0.3, 0.4) is 0 Å². The number of pyridine rings is 1. The largest absolute Gasteiger partial charge is 0.397 e. The van der Waals surface area contributed by atoms with Crippen molar-refractivity contribution >= 4 is 33.1 Å². The van der Waals surface area contributed by atoms with Gasteiger partial charge in [-0.15, -0.1) is 11.3 Å². The zero-order valence-electron chi connectivity index (χ0n) is 12.1. The molecule has 5 nitrogen and oxygen atoms in total. The van der Waals surface area contributed by atoms with Gasteiger partial charge in [0.25, 0.3) is 5.91 Å². The Morgan fingerprint density at radius 1 is 1.52 bits per heavy atom. The van der Waals surface area contributed by atoms with Gasteiger partial charge in [0, 0.05) is 24.2 Å². The summed E-state index contributed by atoms with van der Waals surface area (Å²) in [4.78, 5) is 20.6. The van der Waals surface area contributed by atoms with E-state index in [1.54, 1.807) is 6.20 Å². The molecule has 21 heavy (non-hydrogen) atoms. The molecule has 1 fully saturated rings. The fourth-order valence-electron chi connectivity index (χ4n) is 2.93. The number of rotatable bonds is 3. The highest BCUT2D eigenvalue weighted by atomic mass is 32.1. The summed E-state index contributed by atoms with van der Waals surface area (Å²) >= 11 is 1.40. The summed E-state index contributed by atoms with van der Waals surface area (Å²) in [7, 11) is 0. The minimum absolute atomic E-state index is 0.0462. The van der Waals surface area contributed by atoms with Crippen LogP contribution in [0, 0.1) is 0 Å². The Labute approximate surface area is 128 Å². The predicted molar refractivity (Wildman–Crippen MR) is 86.6 cm³/mol. The summed E-state index contributed by atoms with van der Waals surface area (Å²) in [6.07, 6.45) is 3.74. The number of nitrogens with two attached hydrogens (primary N) is 1. The van der Waals surface area contributed by atoms with E-state index in [9.17, 15) is 4.79 Å². The molecule has 3 N–H and O–H groups in total. The van der Waals surface area contributed by atoms with Crippen LogP contribution in [0.2, 0.25) is 0 Å². The summed E-state index contributed by atoms with van der Waals surface area (Å²) in [5, 5.41) is 4.22. The second-order valence-electron chi connectivity index (χ2n) is 5.27. The molecular formula is C15H20N4OS. The Hall–Kier alpha value is -1.66. The van der Waals surface area contributed by atoms with Crippen LogP contribution in [0.1, 0.15) is 29.4 Å². The van der Waals surface area contributed by atoms with Crippen molar-refractivity contribution in [1.82, 2.24) is 15.2 Å². The van der Waals surface area contributed by atoms with Gasteiger partial charge < -0.3 is 16.0 Å². The Bertz CT molecular complexity index is 648. The molecule has 0 unspecified atom stereocenters. The normalized spacial score (nSPS) is 16.2. The fourth-order valence-corrected chi connectivity index (χ4v) is 3.95. The number of nitrogens with one attached hydrogen (secondary N) is 1. The maximum Gasteiger partial charge on any atom is 0.266 e. The first-order chi connectivity index (χ1) is 10.2. The van der Waals surface area contributed by atoms with Crippen molar-refractivity contribution in [3.05, 3.63) is 23.2 Å². The number of nitrogens with zero attached hydrogens (tertiary/aromatic N) is 2. The van der Waals surface area contributed by atoms with Crippen molar-refractivity contribution in [1.29, 1.82) is 0 Å². The molecule has 0 aromatic carbocycles. The highest BCUT2D eigenvalue weighted by molar-refractivity contribution is 7.21. The minimum Gasteiger partial charge on any atom is -0.397 e. The number of carbonyl (C=O) groups excluding carboxylic acids is 1. The topological polar surface area (TPSA) is 71.2 Å². The smallest absolute Gasteiger partial charge is 0.266 e. The van der Waals surface area contributed by atoms with Crippen LogP contribution >= 0.6 is 11.3 Å². The van der Waals surface area contributed by atoms with Crippen molar-refractivity contribution in [3.8, 4) is 0 Å². The van der Waals surface area contributed by atoms with Crippen LogP contribution < -0.4 is 11.1 Å². The number of hydrogen-bond acceptors (Lipinski definition) is 5. The standard InChI is InChI=1S/C15H20N4OS/c1-2-19(10-5-8-17-9-6-10)15(20)13-12(16)11-4-3-7-18-14(11)21-13/h3-4,7,10,17H,2,5-6,8-9,16H2,1H3. The molecule has 0 spiro atoms. The van der Waals surface area contributed by atoms with E-state index in [1.807, 2.05) is 24.0 Å². The molecular weight excluding hydrogens is 284 g/mol. The fraction of sp³-hybridized carbons (Fsp3) is 0.467. The van der Waals surface area contributed by atoms with Crippen LogP contribution in [-0.2, 0) is 0 Å². The predicted octanol–water partition coefficient (Wildman–Crippen LogP) is 2.09. The molecule has 0 bridgehead atoms. The summed E-state index contributed by atoms with van der Waals surface area (Å²) < 4.78 is 0. The molecule has 0 radical (unpaired) electrons. The van der Waals surface area contributed by atoms with Gasteiger partial charge in [-0.05, 0) is 45.0 Å². The number of aromatic nitrogens is 1. The molecule has 3 rings (SSSR count). The summed E-state index contributed by atoms with van der Waals surface area (Å²) in [5.41, 5.74) is 6.74. The number of carbonyl (C=O) groups is 1. The van der Waals surface area contributed by atoms with E-state index < -0.39 is 0 Å². The van der Waals surface area contributed by atoms with Gasteiger partial charge in [-0.3, -0.25) is 4.79 Å². The molecule has 2 aromatic rings. The summed E-state index contributed by atoms with van der Waals surface area (Å²) in [5.74, 6) is 0.0462. The SMILES string of the molecule is CCN(C(=O)c1sc2ncccc2c1N)C1CCNCC1. The number of anilines is 1. The van der Waals surface area contributed by atoms with E-state index >= 15 is 0 Å². The average Bonchev–Trinajstić information content (AvgIpc) is 2.87. The lowest BCUT2D eigenvalue weighted by Gasteiger charge is -2.33. The molecule has 2 aromatic heterocycles. The lowest BCUT2D eigenvalue weighted by molar-refractivity contribution is 0.0662. The highest BCUT2D eigenvalue weighted by Gasteiger charge is 2.28. The van der Waals surface area contributed by atoms with Gasteiger partial charge in [0.2, 0.25) is 0 Å². The Morgan fingerprint density at radius 2 is 2.29 bits per heavy atom. The van der Waals surface area contributed by atoms with Gasteiger partial charge in [-0.2, -0.15) is 0 Å². The first-order valence-electron chi connectivity index (χ1n) is 7.37. The van der Waals surface area contributed by atoms with Crippen LogP contribution in [0.4, 0.5) is 5.69 Å². The molecule has 0 atom stereocenters. The zero-order valence-corrected chi connectivity index (χ0v) is 12.9. The van der Waals surface area contributed by atoms with Crippen molar-refractivity contribution in [2.45, 2.75) is 25.8 Å².